The van der Waals surface area contributed by atoms with Crippen molar-refractivity contribution in [3.05, 3.63) is 35.6 Å². The standard InChI is InChI=1S/C16H27FN4/c1-13(2)21(4)12-11-20-16(18-3)19-10-9-14-7-5-6-8-15(14)17/h5-8,13H,9-12H2,1-4H3,(H2,18,19,20). The van der Waals surface area contributed by atoms with Gasteiger partial charge in [-0.05, 0) is 38.9 Å². The highest BCUT2D eigenvalue weighted by Gasteiger charge is 2.04. The molecule has 0 bridgehead atoms. The number of hydrogen-bond acceptors (Lipinski definition) is 2. The van der Waals surface area contributed by atoms with Crippen molar-refractivity contribution < 1.29 is 4.39 Å². The highest BCUT2D eigenvalue weighted by molar-refractivity contribution is 5.79. The Balaban J connectivity index is 2.27. The van der Waals surface area contributed by atoms with Crippen LogP contribution in [0.15, 0.2) is 29.3 Å². The Hall–Kier alpha value is -1.62. The highest BCUT2D eigenvalue weighted by Crippen LogP contribution is 2.05. The molecule has 21 heavy (non-hydrogen) atoms. The van der Waals surface area contributed by atoms with Crippen molar-refractivity contribution in [1.82, 2.24) is 15.5 Å². The minimum Gasteiger partial charge on any atom is -0.356 e. The lowest BCUT2D eigenvalue weighted by Crippen LogP contribution is -2.42. The molecule has 0 aliphatic heterocycles. The Kier molecular flexibility index (Phi) is 7.75. The van der Waals surface area contributed by atoms with Crippen LogP contribution in [0.25, 0.3) is 0 Å². The maximum atomic E-state index is 13.5. The molecule has 0 unspecified atom stereocenters. The van der Waals surface area contributed by atoms with Crippen molar-refractivity contribution in [2.24, 2.45) is 4.99 Å². The van der Waals surface area contributed by atoms with Crippen LogP contribution < -0.4 is 10.6 Å². The zero-order valence-electron chi connectivity index (χ0n) is 13.5. The molecule has 0 aromatic heterocycles. The second-order valence-corrected chi connectivity index (χ2v) is 5.34. The molecule has 5 heteroatoms. The van der Waals surface area contributed by atoms with Crippen LogP contribution in [-0.4, -0.2) is 50.6 Å². The maximum absolute atomic E-state index is 13.5. The Morgan fingerprint density at radius 2 is 1.90 bits per heavy atom. The Morgan fingerprint density at radius 3 is 2.52 bits per heavy atom. The van der Waals surface area contributed by atoms with Crippen molar-refractivity contribution in [2.75, 3.05) is 33.7 Å². The Bertz CT molecular complexity index is 446. The number of guanidine groups is 1. The summed E-state index contributed by atoms with van der Waals surface area (Å²) >= 11 is 0. The van der Waals surface area contributed by atoms with E-state index >= 15 is 0 Å². The fraction of sp³-hybridized carbons (Fsp3) is 0.562. The van der Waals surface area contributed by atoms with Gasteiger partial charge in [0.05, 0.1) is 0 Å². The Morgan fingerprint density at radius 1 is 1.24 bits per heavy atom. The fourth-order valence-electron chi connectivity index (χ4n) is 1.85. The zero-order chi connectivity index (χ0) is 15.7. The lowest BCUT2D eigenvalue weighted by atomic mass is 10.1. The van der Waals surface area contributed by atoms with Gasteiger partial charge in [0.25, 0.3) is 0 Å². The van der Waals surface area contributed by atoms with Gasteiger partial charge in [-0.3, -0.25) is 4.99 Å². The molecule has 0 aliphatic carbocycles. The van der Waals surface area contributed by atoms with Gasteiger partial charge in [-0.1, -0.05) is 18.2 Å². The van der Waals surface area contributed by atoms with Crippen LogP contribution in [0.5, 0.6) is 0 Å². The Labute approximate surface area is 127 Å². The van der Waals surface area contributed by atoms with Crippen molar-refractivity contribution in [3.8, 4) is 0 Å². The van der Waals surface area contributed by atoms with Crippen molar-refractivity contribution >= 4 is 5.96 Å². The van der Waals surface area contributed by atoms with Gasteiger partial charge in [0, 0.05) is 32.7 Å². The molecule has 0 saturated carbocycles. The maximum Gasteiger partial charge on any atom is 0.191 e. The first-order valence-corrected chi connectivity index (χ1v) is 7.42. The van der Waals surface area contributed by atoms with E-state index in [0.29, 0.717) is 19.0 Å². The summed E-state index contributed by atoms with van der Waals surface area (Å²) in [7, 11) is 3.84. The number of rotatable bonds is 7. The molecule has 118 valence electrons. The lowest BCUT2D eigenvalue weighted by molar-refractivity contribution is 0.278. The molecule has 0 heterocycles. The minimum absolute atomic E-state index is 0.152. The van der Waals surface area contributed by atoms with E-state index in [1.54, 1.807) is 13.1 Å². The fourth-order valence-corrected chi connectivity index (χ4v) is 1.85. The van der Waals surface area contributed by atoms with Crippen LogP contribution in [-0.2, 0) is 6.42 Å². The summed E-state index contributed by atoms with van der Waals surface area (Å²) in [4.78, 5) is 6.43. The van der Waals surface area contributed by atoms with E-state index in [1.807, 2.05) is 12.1 Å². The number of nitrogens with one attached hydrogen (secondary N) is 2. The van der Waals surface area contributed by atoms with Crippen LogP contribution in [0.2, 0.25) is 0 Å². The van der Waals surface area contributed by atoms with E-state index in [0.717, 1.165) is 24.6 Å². The van der Waals surface area contributed by atoms with E-state index in [9.17, 15) is 4.39 Å². The van der Waals surface area contributed by atoms with Crippen molar-refractivity contribution in [3.63, 3.8) is 0 Å². The summed E-state index contributed by atoms with van der Waals surface area (Å²) in [6, 6.07) is 7.39. The van der Waals surface area contributed by atoms with Crippen molar-refractivity contribution in [1.29, 1.82) is 0 Å². The highest BCUT2D eigenvalue weighted by atomic mass is 19.1. The summed E-state index contributed by atoms with van der Waals surface area (Å²) < 4.78 is 13.5. The number of halogens is 1. The first-order chi connectivity index (χ1) is 10.0. The molecule has 4 nitrogen and oxygen atoms in total. The SMILES string of the molecule is CN=C(NCCc1ccccc1F)NCCN(C)C(C)C. The van der Waals surface area contributed by atoms with E-state index in [1.165, 1.54) is 6.07 Å². The number of hydrogen-bond donors (Lipinski definition) is 2. The third kappa shape index (κ3) is 6.58. The number of aliphatic imine (C=N–C) groups is 1. The average Bonchev–Trinajstić information content (AvgIpc) is 2.47. The van der Waals surface area contributed by atoms with Gasteiger partial charge in [-0.2, -0.15) is 0 Å². The summed E-state index contributed by atoms with van der Waals surface area (Å²) in [6.07, 6.45) is 0.638. The smallest absolute Gasteiger partial charge is 0.191 e. The van der Waals surface area contributed by atoms with Crippen LogP contribution in [0, 0.1) is 5.82 Å². The number of likely N-dealkylation sites (N-methyl/N-ethyl adjacent to an activating group) is 1. The van der Waals surface area contributed by atoms with Gasteiger partial charge in [0.1, 0.15) is 5.82 Å². The molecule has 0 radical (unpaired) electrons. The molecule has 2 N–H and O–H groups in total. The second kappa shape index (κ2) is 9.34. The summed E-state index contributed by atoms with van der Waals surface area (Å²) in [5.41, 5.74) is 0.722. The van der Waals surface area contributed by atoms with Crippen LogP contribution in [0.1, 0.15) is 19.4 Å². The molecule has 1 rings (SSSR count). The van der Waals surface area contributed by atoms with E-state index < -0.39 is 0 Å². The first kappa shape index (κ1) is 17.4. The molecule has 0 spiro atoms. The summed E-state index contributed by atoms with van der Waals surface area (Å²) in [5, 5.41) is 6.46. The first-order valence-electron chi connectivity index (χ1n) is 7.42. The third-order valence-electron chi connectivity index (χ3n) is 3.51. The largest absolute Gasteiger partial charge is 0.356 e. The zero-order valence-corrected chi connectivity index (χ0v) is 13.5. The molecule has 0 atom stereocenters. The topological polar surface area (TPSA) is 39.7 Å². The van der Waals surface area contributed by atoms with Gasteiger partial charge >= 0.3 is 0 Å². The molecular weight excluding hydrogens is 267 g/mol. The molecule has 0 aliphatic rings. The predicted molar refractivity (Wildman–Crippen MR) is 87.2 cm³/mol. The third-order valence-corrected chi connectivity index (χ3v) is 3.51. The van der Waals surface area contributed by atoms with Gasteiger partial charge in [-0.25, -0.2) is 4.39 Å². The molecule has 0 fully saturated rings. The molecule has 0 saturated heterocycles. The van der Waals surface area contributed by atoms with Crippen LogP contribution in [0.4, 0.5) is 4.39 Å². The monoisotopic (exact) mass is 294 g/mol. The second-order valence-electron chi connectivity index (χ2n) is 5.34. The van der Waals surface area contributed by atoms with E-state index in [-0.39, 0.29) is 5.82 Å². The number of benzene rings is 1. The van der Waals surface area contributed by atoms with E-state index in [4.69, 9.17) is 0 Å². The van der Waals surface area contributed by atoms with E-state index in [2.05, 4.69) is 41.4 Å². The van der Waals surface area contributed by atoms with Gasteiger partial charge in [0.2, 0.25) is 0 Å². The summed E-state index contributed by atoms with van der Waals surface area (Å²) in [5.74, 6) is 0.601. The van der Waals surface area contributed by atoms with Gasteiger partial charge in [0.15, 0.2) is 5.96 Å². The molecular formula is C16H27FN4. The molecule has 1 aromatic rings. The van der Waals surface area contributed by atoms with Crippen LogP contribution >= 0.6 is 0 Å². The normalized spacial score (nSPS) is 12.0. The quantitative estimate of drug-likeness (QED) is 0.596. The molecule has 0 amide bonds. The average molecular weight is 294 g/mol. The van der Waals surface area contributed by atoms with Crippen molar-refractivity contribution in [2.45, 2.75) is 26.3 Å². The lowest BCUT2D eigenvalue weighted by Gasteiger charge is -2.21. The van der Waals surface area contributed by atoms with Crippen LogP contribution in [0.3, 0.4) is 0 Å². The molecule has 1 aromatic carbocycles. The minimum atomic E-state index is -0.152. The van der Waals surface area contributed by atoms with Gasteiger partial charge < -0.3 is 15.5 Å². The summed E-state index contributed by atoms with van der Waals surface area (Å²) in [6.45, 7) is 6.77. The van der Waals surface area contributed by atoms with Gasteiger partial charge in [-0.15, -0.1) is 0 Å². The predicted octanol–water partition coefficient (Wildman–Crippen LogP) is 1.87. The number of nitrogens with zero attached hydrogens (tertiary/aromatic N) is 2.